The molecule has 5 nitrogen and oxygen atoms in total. The molecule has 0 saturated carbocycles. The number of ether oxygens (including phenoxy) is 2. The van der Waals surface area contributed by atoms with Gasteiger partial charge in [0.05, 0.1) is 19.3 Å². The standard InChI is InChI=1S/C19H33N3O2.HI/c1-5-24-18(16(2)3)11-12-21-19(20-4)22-13-14-23-15-17-9-7-6-8-10-17;/h6-10,16,18H,5,11-15H2,1-4H3,(H2,20,21,22);1H. The molecule has 0 radical (unpaired) electrons. The molecule has 0 amide bonds. The molecule has 0 bridgehead atoms. The highest BCUT2D eigenvalue weighted by Gasteiger charge is 2.12. The molecule has 0 saturated heterocycles. The third-order valence-corrected chi connectivity index (χ3v) is 3.72. The van der Waals surface area contributed by atoms with Crippen LogP contribution in [0.15, 0.2) is 35.3 Å². The lowest BCUT2D eigenvalue weighted by Crippen LogP contribution is -2.40. The molecule has 25 heavy (non-hydrogen) atoms. The Morgan fingerprint density at radius 2 is 1.80 bits per heavy atom. The molecule has 1 unspecified atom stereocenters. The third-order valence-electron chi connectivity index (χ3n) is 3.72. The van der Waals surface area contributed by atoms with Gasteiger partial charge >= 0.3 is 0 Å². The van der Waals surface area contributed by atoms with E-state index in [0.717, 1.165) is 32.1 Å². The van der Waals surface area contributed by atoms with Crippen molar-refractivity contribution >= 4 is 29.9 Å². The van der Waals surface area contributed by atoms with Crippen molar-refractivity contribution in [1.82, 2.24) is 10.6 Å². The molecular weight excluding hydrogens is 429 g/mol. The van der Waals surface area contributed by atoms with E-state index in [0.29, 0.717) is 19.1 Å². The van der Waals surface area contributed by atoms with Gasteiger partial charge in [-0.2, -0.15) is 0 Å². The zero-order chi connectivity index (χ0) is 17.6. The largest absolute Gasteiger partial charge is 0.378 e. The highest BCUT2D eigenvalue weighted by atomic mass is 127. The molecule has 0 spiro atoms. The first-order chi connectivity index (χ1) is 11.7. The Bertz CT molecular complexity index is 455. The summed E-state index contributed by atoms with van der Waals surface area (Å²) in [5.41, 5.74) is 1.19. The fourth-order valence-electron chi connectivity index (χ4n) is 2.38. The Hall–Kier alpha value is -0.860. The van der Waals surface area contributed by atoms with E-state index in [-0.39, 0.29) is 30.1 Å². The number of hydrogen-bond donors (Lipinski definition) is 2. The van der Waals surface area contributed by atoms with Gasteiger partial charge in [-0.05, 0) is 24.8 Å². The van der Waals surface area contributed by atoms with Gasteiger partial charge in [0, 0.05) is 26.7 Å². The molecule has 144 valence electrons. The number of benzene rings is 1. The van der Waals surface area contributed by atoms with Crippen molar-refractivity contribution < 1.29 is 9.47 Å². The number of halogens is 1. The van der Waals surface area contributed by atoms with E-state index in [1.165, 1.54) is 5.56 Å². The highest BCUT2D eigenvalue weighted by Crippen LogP contribution is 2.09. The maximum absolute atomic E-state index is 5.75. The van der Waals surface area contributed by atoms with E-state index < -0.39 is 0 Å². The van der Waals surface area contributed by atoms with Crippen LogP contribution in [0.25, 0.3) is 0 Å². The zero-order valence-electron chi connectivity index (χ0n) is 16.0. The average molecular weight is 463 g/mol. The summed E-state index contributed by atoms with van der Waals surface area (Å²) < 4.78 is 11.4. The van der Waals surface area contributed by atoms with E-state index >= 15 is 0 Å². The summed E-state index contributed by atoms with van der Waals surface area (Å²) >= 11 is 0. The van der Waals surface area contributed by atoms with Crippen LogP contribution in [0.3, 0.4) is 0 Å². The highest BCUT2D eigenvalue weighted by molar-refractivity contribution is 14.0. The van der Waals surface area contributed by atoms with Crippen LogP contribution in [0, 0.1) is 5.92 Å². The van der Waals surface area contributed by atoms with Gasteiger partial charge in [-0.1, -0.05) is 44.2 Å². The predicted molar refractivity (Wildman–Crippen MR) is 116 cm³/mol. The number of hydrogen-bond acceptors (Lipinski definition) is 3. The van der Waals surface area contributed by atoms with Gasteiger partial charge in [0.2, 0.25) is 0 Å². The Kier molecular flexibility index (Phi) is 14.9. The van der Waals surface area contributed by atoms with Crippen LogP contribution in [0.5, 0.6) is 0 Å². The smallest absolute Gasteiger partial charge is 0.191 e. The van der Waals surface area contributed by atoms with E-state index in [1.54, 1.807) is 7.05 Å². The van der Waals surface area contributed by atoms with Crippen molar-refractivity contribution in [3.8, 4) is 0 Å². The second-order valence-electron chi connectivity index (χ2n) is 5.99. The van der Waals surface area contributed by atoms with Crippen LogP contribution >= 0.6 is 24.0 Å². The minimum Gasteiger partial charge on any atom is -0.378 e. The maximum atomic E-state index is 5.75. The molecule has 0 fully saturated rings. The first-order valence-electron chi connectivity index (χ1n) is 8.85. The van der Waals surface area contributed by atoms with Crippen molar-refractivity contribution in [1.29, 1.82) is 0 Å². The molecule has 1 atom stereocenters. The lowest BCUT2D eigenvalue weighted by Gasteiger charge is -2.21. The van der Waals surface area contributed by atoms with E-state index in [2.05, 4.69) is 41.6 Å². The molecule has 1 aromatic carbocycles. The minimum atomic E-state index is 0. The van der Waals surface area contributed by atoms with E-state index in [1.807, 2.05) is 25.1 Å². The summed E-state index contributed by atoms with van der Waals surface area (Å²) in [4.78, 5) is 4.23. The van der Waals surface area contributed by atoms with E-state index in [9.17, 15) is 0 Å². The molecule has 6 heteroatoms. The fraction of sp³-hybridized carbons (Fsp3) is 0.632. The molecule has 0 aliphatic rings. The van der Waals surface area contributed by atoms with Gasteiger partial charge in [-0.25, -0.2) is 0 Å². The summed E-state index contributed by atoms with van der Waals surface area (Å²) in [6.45, 7) is 10.0. The molecule has 0 aliphatic heterocycles. The van der Waals surface area contributed by atoms with Crippen molar-refractivity contribution in [2.45, 2.75) is 39.9 Å². The molecule has 0 aromatic heterocycles. The SMILES string of the molecule is CCOC(CCNC(=NC)NCCOCc1ccccc1)C(C)C.I. The molecule has 1 aromatic rings. The van der Waals surface area contributed by atoms with Crippen molar-refractivity contribution in [3.63, 3.8) is 0 Å². The molecule has 1 rings (SSSR count). The summed E-state index contributed by atoms with van der Waals surface area (Å²) in [5.74, 6) is 1.32. The van der Waals surface area contributed by atoms with Crippen LogP contribution in [-0.4, -0.2) is 45.4 Å². The monoisotopic (exact) mass is 463 g/mol. The lowest BCUT2D eigenvalue weighted by atomic mass is 10.0. The van der Waals surface area contributed by atoms with Crippen LogP contribution in [0.2, 0.25) is 0 Å². The summed E-state index contributed by atoms with van der Waals surface area (Å²) in [6.07, 6.45) is 1.26. The zero-order valence-corrected chi connectivity index (χ0v) is 18.3. The van der Waals surface area contributed by atoms with Crippen molar-refractivity contribution in [2.24, 2.45) is 10.9 Å². The Labute approximate surface area is 170 Å². The Balaban J connectivity index is 0.00000576. The second-order valence-corrected chi connectivity index (χ2v) is 5.99. The number of nitrogens with zero attached hydrogens (tertiary/aromatic N) is 1. The molecule has 0 heterocycles. The summed E-state index contributed by atoms with van der Waals surface area (Å²) in [5, 5.41) is 6.59. The quantitative estimate of drug-likeness (QED) is 0.229. The average Bonchev–Trinajstić information content (AvgIpc) is 2.59. The predicted octanol–water partition coefficient (Wildman–Crippen LogP) is 3.44. The van der Waals surface area contributed by atoms with Gasteiger partial charge in [0.15, 0.2) is 5.96 Å². The fourth-order valence-corrected chi connectivity index (χ4v) is 2.38. The van der Waals surface area contributed by atoms with Crippen molar-refractivity contribution in [3.05, 3.63) is 35.9 Å². The van der Waals surface area contributed by atoms with Crippen LogP contribution in [0.4, 0.5) is 0 Å². The lowest BCUT2D eigenvalue weighted by molar-refractivity contribution is 0.0258. The number of rotatable bonds is 11. The third kappa shape index (κ3) is 11.4. The van der Waals surface area contributed by atoms with Crippen molar-refractivity contribution in [2.75, 3.05) is 33.4 Å². The van der Waals surface area contributed by atoms with Gasteiger partial charge in [-0.15, -0.1) is 24.0 Å². The van der Waals surface area contributed by atoms with Crippen LogP contribution in [-0.2, 0) is 16.1 Å². The number of nitrogens with one attached hydrogen (secondary N) is 2. The second kappa shape index (κ2) is 15.4. The minimum absolute atomic E-state index is 0. The summed E-state index contributed by atoms with van der Waals surface area (Å²) in [7, 11) is 1.78. The molecule has 2 N–H and O–H groups in total. The number of aliphatic imine (C=N–C) groups is 1. The Morgan fingerprint density at radius 3 is 2.40 bits per heavy atom. The van der Waals surface area contributed by atoms with E-state index in [4.69, 9.17) is 9.47 Å². The first kappa shape index (κ1) is 24.1. The van der Waals surface area contributed by atoms with Gasteiger partial charge in [0.25, 0.3) is 0 Å². The van der Waals surface area contributed by atoms with Crippen LogP contribution < -0.4 is 10.6 Å². The number of guanidine groups is 1. The first-order valence-corrected chi connectivity index (χ1v) is 8.85. The molecular formula is C19H34IN3O2. The van der Waals surface area contributed by atoms with Gasteiger partial charge in [-0.3, -0.25) is 4.99 Å². The van der Waals surface area contributed by atoms with Gasteiger partial charge in [0.1, 0.15) is 0 Å². The normalized spacial score (nSPS) is 12.6. The maximum Gasteiger partial charge on any atom is 0.191 e. The van der Waals surface area contributed by atoms with Crippen LogP contribution in [0.1, 0.15) is 32.8 Å². The topological polar surface area (TPSA) is 54.9 Å². The summed E-state index contributed by atoms with van der Waals surface area (Å²) in [6, 6.07) is 10.2. The van der Waals surface area contributed by atoms with Gasteiger partial charge < -0.3 is 20.1 Å². The molecule has 0 aliphatic carbocycles. The Morgan fingerprint density at radius 1 is 1.12 bits per heavy atom.